The molecule has 0 aromatic rings. The molecular formula is C7H14N2O3. The number of hydrogen-bond acceptors (Lipinski definition) is 4. The van der Waals surface area contributed by atoms with E-state index in [2.05, 4.69) is 4.74 Å². The minimum Gasteiger partial charge on any atom is -0.456 e. The van der Waals surface area contributed by atoms with Gasteiger partial charge in [-0.1, -0.05) is 6.92 Å². The maximum Gasteiger partial charge on any atom is 0.303 e. The minimum absolute atomic E-state index is 0.272. The first-order valence-corrected chi connectivity index (χ1v) is 3.76. The van der Waals surface area contributed by atoms with E-state index in [9.17, 15) is 9.59 Å². The highest BCUT2D eigenvalue weighted by atomic mass is 16.5. The summed E-state index contributed by atoms with van der Waals surface area (Å²) in [5, 5.41) is 1.04. The monoisotopic (exact) mass is 174 g/mol. The van der Waals surface area contributed by atoms with Gasteiger partial charge in [0.25, 0.3) is 5.91 Å². The van der Waals surface area contributed by atoms with Gasteiger partial charge in [0.1, 0.15) is 0 Å². The first-order chi connectivity index (χ1) is 5.57. The van der Waals surface area contributed by atoms with Crippen LogP contribution in [0.3, 0.4) is 0 Å². The average molecular weight is 174 g/mol. The lowest BCUT2D eigenvalue weighted by molar-refractivity contribution is -0.150. The van der Waals surface area contributed by atoms with Crippen LogP contribution in [0.25, 0.3) is 0 Å². The fourth-order valence-electron chi connectivity index (χ4n) is 0.612. The number of nitrogens with zero attached hydrogens (tertiary/aromatic N) is 1. The Balaban J connectivity index is 3.64. The van der Waals surface area contributed by atoms with Crippen LogP contribution in [0.5, 0.6) is 0 Å². The zero-order chi connectivity index (χ0) is 9.56. The summed E-state index contributed by atoms with van der Waals surface area (Å²) in [4.78, 5) is 21.3. The summed E-state index contributed by atoms with van der Waals surface area (Å²) in [5.41, 5.74) is 0. The summed E-state index contributed by atoms with van der Waals surface area (Å²) >= 11 is 0. The van der Waals surface area contributed by atoms with Crippen molar-refractivity contribution in [2.75, 3.05) is 13.2 Å². The van der Waals surface area contributed by atoms with Gasteiger partial charge in [-0.2, -0.15) is 0 Å². The smallest absolute Gasteiger partial charge is 0.303 e. The summed E-state index contributed by atoms with van der Waals surface area (Å²) < 4.78 is 4.46. The van der Waals surface area contributed by atoms with Crippen molar-refractivity contribution < 1.29 is 14.3 Å². The summed E-state index contributed by atoms with van der Waals surface area (Å²) in [6.45, 7) is 3.35. The summed E-state index contributed by atoms with van der Waals surface area (Å²) in [7, 11) is 0. The molecule has 70 valence electrons. The number of hydrogen-bond donors (Lipinski definition) is 1. The third kappa shape index (κ3) is 4.68. The van der Waals surface area contributed by atoms with E-state index in [1.54, 1.807) is 0 Å². The number of carbonyl (C=O) groups is 2. The van der Waals surface area contributed by atoms with Crippen LogP contribution in [0.4, 0.5) is 0 Å². The van der Waals surface area contributed by atoms with E-state index in [-0.39, 0.29) is 12.5 Å². The third-order valence-corrected chi connectivity index (χ3v) is 1.18. The highest BCUT2D eigenvalue weighted by molar-refractivity contribution is 5.79. The molecule has 0 atom stereocenters. The lowest BCUT2D eigenvalue weighted by Crippen LogP contribution is -2.40. The van der Waals surface area contributed by atoms with Gasteiger partial charge >= 0.3 is 5.97 Å². The predicted molar refractivity (Wildman–Crippen MR) is 42.8 cm³/mol. The molecule has 5 nitrogen and oxygen atoms in total. The maximum atomic E-state index is 11.0. The number of hydrazine groups is 1. The molecule has 0 aliphatic carbocycles. The Hall–Kier alpha value is -1.10. The minimum atomic E-state index is -0.478. The fraction of sp³-hybridized carbons (Fsp3) is 0.714. The summed E-state index contributed by atoms with van der Waals surface area (Å²) in [5.74, 6) is 4.45. The lowest BCUT2D eigenvalue weighted by atomic mass is 10.4. The molecule has 0 aliphatic heterocycles. The molecule has 5 heteroatoms. The van der Waals surface area contributed by atoms with Crippen LogP contribution in [0.15, 0.2) is 0 Å². The van der Waals surface area contributed by atoms with Gasteiger partial charge in [-0.3, -0.25) is 14.6 Å². The molecule has 0 aromatic carbocycles. The van der Waals surface area contributed by atoms with Gasteiger partial charge in [0.05, 0.1) is 0 Å². The van der Waals surface area contributed by atoms with E-state index in [0.29, 0.717) is 6.54 Å². The van der Waals surface area contributed by atoms with Crippen molar-refractivity contribution in [2.24, 2.45) is 5.84 Å². The quantitative estimate of drug-likeness (QED) is 0.274. The molecule has 0 unspecified atom stereocenters. The van der Waals surface area contributed by atoms with Crippen molar-refractivity contribution in [2.45, 2.75) is 20.3 Å². The third-order valence-electron chi connectivity index (χ3n) is 1.18. The Morgan fingerprint density at radius 2 is 2.08 bits per heavy atom. The number of amides is 1. The van der Waals surface area contributed by atoms with Crippen LogP contribution in [-0.2, 0) is 14.3 Å². The van der Waals surface area contributed by atoms with Crippen molar-refractivity contribution in [3.05, 3.63) is 0 Å². The Labute approximate surface area is 71.4 Å². The number of nitrogens with two attached hydrogens (primary N) is 1. The Kier molecular flexibility index (Phi) is 5.03. The molecule has 12 heavy (non-hydrogen) atoms. The number of carbonyl (C=O) groups excluding carboxylic acids is 2. The molecule has 0 aromatic heterocycles. The zero-order valence-corrected chi connectivity index (χ0v) is 7.37. The van der Waals surface area contributed by atoms with E-state index in [1.807, 2.05) is 6.92 Å². The molecule has 0 spiro atoms. The zero-order valence-electron chi connectivity index (χ0n) is 7.37. The highest BCUT2D eigenvalue weighted by Crippen LogP contribution is 1.86. The van der Waals surface area contributed by atoms with E-state index in [4.69, 9.17) is 5.84 Å². The highest BCUT2D eigenvalue weighted by Gasteiger charge is 2.08. The van der Waals surface area contributed by atoms with E-state index >= 15 is 0 Å². The largest absolute Gasteiger partial charge is 0.456 e. The number of esters is 1. The molecule has 0 radical (unpaired) electrons. The molecule has 0 rings (SSSR count). The number of ether oxygens (including phenoxy) is 1. The fourth-order valence-corrected chi connectivity index (χ4v) is 0.612. The molecule has 2 N–H and O–H groups in total. The van der Waals surface area contributed by atoms with Crippen molar-refractivity contribution in [3.63, 3.8) is 0 Å². The van der Waals surface area contributed by atoms with E-state index < -0.39 is 5.97 Å². The normalized spacial score (nSPS) is 9.25. The second kappa shape index (κ2) is 5.54. The van der Waals surface area contributed by atoms with E-state index in [0.717, 1.165) is 11.4 Å². The SMILES string of the molecule is CCCN(N)C(=O)COC(C)=O. The van der Waals surface area contributed by atoms with Crippen LogP contribution in [0.1, 0.15) is 20.3 Å². The summed E-state index contributed by atoms with van der Waals surface area (Å²) in [6.07, 6.45) is 0.780. The van der Waals surface area contributed by atoms with Crippen LogP contribution in [0.2, 0.25) is 0 Å². The average Bonchev–Trinajstić information content (AvgIpc) is 2.00. The molecule has 0 saturated heterocycles. The van der Waals surface area contributed by atoms with Gasteiger partial charge in [-0.05, 0) is 6.42 Å². The maximum absolute atomic E-state index is 11.0. The van der Waals surface area contributed by atoms with Crippen LogP contribution < -0.4 is 5.84 Å². The second-order valence-electron chi connectivity index (χ2n) is 2.37. The lowest BCUT2D eigenvalue weighted by Gasteiger charge is -2.14. The molecule has 0 heterocycles. The van der Waals surface area contributed by atoms with Crippen LogP contribution >= 0.6 is 0 Å². The molecule has 0 saturated carbocycles. The van der Waals surface area contributed by atoms with Crippen LogP contribution in [-0.4, -0.2) is 30.0 Å². The Morgan fingerprint density at radius 1 is 1.50 bits per heavy atom. The second-order valence-corrected chi connectivity index (χ2v) is 2.37. The summed E-state index contributed by atoms with van der Waals surface area (Å²) in [6, 6.07) is 0. The molecule has 0 fully saturated rings. The van der Waals surface area contributed by atoms with Crippen molar-refractivity contribution in [1.29, 1.82) is 0 Å². The standard InChI is InChI=1S/C7H14N2O3/c1-3-4-9(8)7(11)5-12-6(2)10/h3-5,8H2,1-2H3. The van der Waals surface area contributed by atoms with Gasteiger partial charge in [0, 0.05) is 13.5 Å². The Morgan fingerprint density at radius 3 is 2.50 bits per heavy atom. The van der Waals surface area contributed by atoms with Crippen molar-refractivity contribution in [1.82, 2.24) is 5.01 Å². The van der Waals surface area contributed by atoms with Gasteiger partial charge in [-0.25, -0.2) is 5.84 Å². The molecule has 0 aliphatic rings. The van der Waals surface area contributed by atoms with E-state index in [1.165, 1.54) is 6.92 Å². The molecular weight excluding hydrogens is 160 g/mol. The Bertz CT molecular complexity index is 170. The van der Waals surface area contributed by atoms with Crippen LogP contribution in [0, 0.1) is 0 Å². The first-order valence-electron chi connectivity index (χ1n) is 3.76. The van der Waals surface area contributed by atoms with Gasteiger partial charge in [0.2, 0.25) is 0 Å². The van der Waals surface area contributed by atoms with Gasteiger partial charge < -0.3 is 4.74 Å². The first kappa shape index (κ1) is 10.9. The van der Waals surface area contributed by atoms with Crippen molar-refractivity contribution >= 4 is 11.9 Å². The molecule has 1 amide bonds. The topological polar surface area (TPSA) is 72.6 Å². The van der Waals surface area contributed by atoms with Gasteiger partial charge in [0.15, 0.2) is 6.61 Å². The number of rotatable bonds is 4. The molecule has 0 bridgehead atoms. The van der Waals surface area contributed by atoms with Crippen molar-refractivity contribution in [3.8, 4) is 0 Å². The predicted octanol–water partition coefficient (Wildman–Crippen LogP) is -0.338. The van der Waals surface area contributed by atoms with Gasteiger partial charge in [-0.15, -0.1) is 0 Å².